The molecule has 6 nitrogen and oxygen atoms in total. The summed E-state index contributed by atoms with van der Waals surface area (Å²) in [5.74, 6) is -0.530. The van der Waals surface area contributed by atoms with Gasteiger partial charge in [-0.2, -0.15) is 0 Å². The smallest absolute Gasteiger partial charge is 0.282 e. The van der Waals surface area contributed by atoms with E-state index in [9.17, 15) is 14.9 Å². The van der Waals surface area contributed by atoms with E-state index in [-0.39, 0.29) is 11.3 Å². The molecule has 0 spiro atoms. The maximum Gasteiger partial charge on any atom is 0.282 e. The first-order chi connectivity index (χ1) is 14.1. The number of amides is 1. The second-order valence-electron chi connectivity index (χ2n) is 6.21. The molecule has 0 saturated carbocycles. The maximum atomic E-state index is 12.5. The Hall–Kier alpha value is -3.84. The van der Waals surface area contributed by atoms with E-state index in [2.05, 4.69) is 10.3 Å². The zero-order chi connectivity index (χ0) is 20.2. The van der Waals surface area contributed by atoms with Crippen LogP contribution in [0.1, 0.15) is 10.4 Å². The predicted molar refractivity (Wildman–Crippen MR) is 114 cm³/mol. The van der Waals surface area contributed by atoms with Crippen molar-refractivity contribution in [2.75, 3.05) is 5.32 Å². The average molecular weight is 401 g/mol. The van der Waals surface area contributed by atoms with Crippen LogP contribution in [-0.2, 0) is 0 Å². The third-order valence-corrected chi connectivity index (χ3v) is 5.18. The number of hydrogen-bond donors (Lipinski definition) is 1. The molecule has 0 atom stereocenters. The number of nitrogens with one attached hydrogen (secondary N) is 1. The number of carbonyl (C=O) groups is 1. The molecular weight excluding hydrogens is 386 g/mol. The Kier molecular flexibility index (Phi) is 5.13. The molecule has 3 aromatic carbocycles. The Morgan fingerprint density at radius 2 is 1.66 bits per heavy atom. The summed E-state index contributed by atoms with van der Waals surface area (Å²) in [7, 11) is 0. The fraction of sp³-hybridized carbons (Fsp3) is 0. The van der Waals surface area contributed by atoms with Crippen LogP contribution in [0.5, 0.6) is 0 Å². The van der Waals surface area contributed by atoms with Gasteiger partial charge in [0.15, 0.2) is 0 Å². The lowest BCUT2D eigenvalue weighted by Crippen LogP contribution is -2.13. The van der Waals surface area contributed by atoms with E-state index < -0.39 is 10.8 Å². The lowest BCUT2D eigenvalue weighted by atomic mass is 10.1. The molecule has 0 radical (unpaired) electrons. The predicted octanol–water partition coefficient (Wildman–Crippen LogP) is 5.64. The molecule has 1 aromatic heterocycles. The summed E-state index contributed by atoms with van der Waals surface area (Å²) in [5, 5.41) is 16.8. The first-order valence-corrected chi connectivity index (χ1v) is 9.66. The van der Waals surface area contributed by atoms with Crippen molar-refractivity contribution in [3.63, 3.8) is 0 Å². The summed E-state index contributed by atoms with van der Waals surface area (Å²) in [6, 6.07) is 23.0. The van der Waals surface area contributed by atoms with Crippen molar-refractivity contribution in [2.45, 2.75) is 0 Å². The van der Waals surface area contributed by atoms with Crippen LogP contribution in [0.4, 0.5) is 11.4 Å². The van der Waals surface area contributed by atoms with E-state index in [1.165, 1.54) is 18.2 Å². The molecule has 4 rings (SSSR count). The van der Waals surface area contributed by atoms with Crippen LogP contribution in [-0.4, -0.2) is 15.8 Å². The monoisotopic (exact) mass is 401 g/mol. The Labute approximate surface area is 170 Å². The number of thiazole rings is 1. The molecule has 0 aliphatic heterocycles. The van der Waals surface area contributed by atoms with Gasteiger partial charge in [-0.15, -0.1) is 11.3 Å². The molecule has 142 valence electrons. The number of carbonyl (C=O) groups excluding carboxylic acids is 1. The first-order valence-electron chi connectivity index (χ1n) is 8.78. The third kappa shape index (κ3) is 4.04. The van der Waals surface area contributed by atoms with Crippen LogP contribution in [0.3, 0.4) is 0 Å². The molecular formula is C22H15N3O3S. The van der Waals surface area contributed by atoms with Crippen molar-refractivity contribution in [1.82, 2.24) is 4.98 Å². The minimum atomic E-state index is -0.564. The lowest BCUT2D eigenvalue weighted by molar-refractivity contribution is -0.385. The molecule has 0 saturated heterocycles. The van der Waals surface area contributed by atoms with Crippen LogP contribution in [0.25, 0.3) is 21.8 Å². The molecule has 1 heterocycles. The van der Waals surface area contributed by atoms with E-state index >= 15 is 0 Å². The van der Waals surface area contributed by atoms with Gasteiger partial charge in [-0.1, -0.05) is 54.6 Å². The largest absolute Gasteiger partial charge is 0.322 e. The minimum Gasteiger partial charge on any atom is -0.322 e. The number of hydrogen-bond acceptors (Lipinski definition) is 5. The molecule has 4 aromatic rings. The second kappa shape index (κ2) is 8.04. The highest BCUT2D eigenvalue weighted by molar-refractivity contribution is 7.13. The number of anilines is 1. The standard InChI is InChI=1S/C22H15N3O3S/c26-21(18-11-4-5-12-20(18)25(27)28)23-17-10-6-9-16(13-17)19-14-29-22(24-19)15-7-2-1-3-8-15/h1-14H,(H,23,26). The first kappa shape index (κ1) is 18.5. The van der Waals surface area contributed by atoms with E-state index in [1.54, 1.807) is 29.5 Å². The van der Waals surface area contributed by atoms with E-state index in [0.29, 0.717) is 5.69 Å². The van der Waals surface area contributed by atoms with Crippen molar-refractivity contribution >= 4 is 28.6 Å². The second-order valence-corrected chi connectivity index (χ2v) is 7.07. The molecule has 0 bridgehead atoms. The van der Waals surface area contributed by atoms with Crippen LogP contribution < -0.4 is 5.32 Å². The van der Waals surface area contributed by atoms with Crippen molar-refractivity contribution < 1.29 is 9.72 Å². The van der Waals surface area contributed by atoms with Gasteiger partial charge in [0.2, 0.25) is 0 Å². The summed E-state index contributed by atoms with van der Waals surface area (Å²) >= 11 is 1.55. The molecule has 0 aliphatic carbocycles. The van der Waals surface area contributed by atoms with Gasteiger partial charge >= 0.3 is 0 Å². The van der Waals surface area contributed by atoms with Crippen molar-refractivity contribution in [3.05, 3.63) is 99.9 Å². The van der Waals surface area contributed by atoms with Crippen LogP contribution in [0, 0.1) is 10.1 Å². The molecule has 0 unspecified atom stereocenters. The molecule has 1 amide bonds. The summed E-state index contributed by atoms with van der Waals surface area (Å²) in [5.41, 5.74) is 3.03. The van der Waals surface area contributed by atoms with Gasteiger partial charge in [-0.25, -0.2) is 4.98 Å². The number of benzene rings is 3. The van der Waals surface area contributed by atoms with Crippen LogP contribution in [0.2, 0.25) is 0 Å². The molecule has 0 aliphatic rings. The molecule has 7 heteroatoms. The fourth-order valence-corrected chi connectivity index (χ4v) is 3.73. The normalized spacial score (nSPS) is 10.5. The topological polar surface area (TPSA) is 85.1 Å². The van der Waals surface area contributed by atoms with E-state index in [4.69, 9.17) is 0 Å². The zero-order valence-electron chi connectivity index (χ0n) is 15.1. The highest BCUT2D eigenvalue weighted by Crippen LogP contribution is 2.30. The zero-order valence-corrected chi connectivity index (χ0v) is 15.9. The van der Waals surface area contributed by atoms with E-state index in [1.807, 2.05) is 47.8 Å². The fourth-order valence-electron chi connectivity index (χ4n) is 2.90. The van der Waals surface area contributed by atoms with Crippen molar-refractivity contribution in [3.8, 4) is 21.8 Å². The average Bonchev–Trinajstić information content (AvgIpc) is 3.25. The number of nitro benzene ring substituents is 1. The number of nitrogens with zero attached hydrogens (tertiary/aromatic N) is 2. The molecule has 1 N–H and O–H groups in total. The van der Waals surface area contributed by atoms with E-state index in [0.717, 1.165) is 21.8 Å². The summed E-state index contributed by atoms with van der Waals surface area (Å²) < 4.78 is 0. The maximum absolute atomic E-state index is 12.5. The SMILES string of the molecule is O=C(Nc1cccc(-c2csc(-c3ccccc3)n2)c1)c1ccccc1[N+](=O)[O-]. The van der Waals surface area contributed by atoms with Crippen molar-refractivity contribution in [1.29, 1.82) is 0 Å². The number of para-hydroxylation sites is 1. The van der Waals surface area contributed by atoms with Gasteiger partial charge in [-0.05, 0) is 18.2 Å². The van der Waals surface area contributed by atoms with Gasteiger partial charge in [0.1, 0.15) is 10.6 Å². The van der Waals surface area contributed by atoms with Crippen molar-refractivity contribution in [2.24, 2.45) is 0 Å². The highest BCUT2D eigenvalue weighted by atomic mass is 32.1. The van der Waals surface area contributed by atoms with Gasteiger partial charge in [0, 0.05) is 28.3 Å². The third-order valence-electron chi connectivity index (χ3n) is 4.29. The Balaban J connectivity index is 1.58. The Morgan fingerprint density at radius 1 is 0.931 bits per heavy atom. The quantitative estimate of drug-likeness (QED) is 0.346. The Morgan fingerprint density at radius 3 is 2.45 bits per heavy atom. The van der Waals surface area contributed by atoms with Gasteiger partial charge in [0.05, 0.1) is 10.6 Å². The van der Waals surface area contributed by atoms with Gasteiger partial charge < -0.3 is 5.32 Å². The van der Waals surface area contributed by atoms with Gasteiger partial charge in [0.25, 0.3) is 11.6 Å². The highest BCUT2D eigenvalue weighted by Gasteiger charge is 2.19. The van der Waals surface area contributed by atoms with Crippen LogP contribution in [0.15, 0.2) is 84.2 Å². The summed E-state index contributed by atoms with van der Waals surface area (Å²) in [4.78, 5) is 27.8. The number of rotatable bonds is 5. The number of nitro groups is 1. The number of aromatic nitrogens is 1. The summed E-state index contributed by atoms with van der Waals surface area (Å²) in [6.45, 7) is 0. The molecule has 29 heavy (non-hydrogen) atoms. The van der Waals surface area contributed by atoms with Crippen LogP contribution >= 0.6 is 11.3 Å². The summed E-state index contributed by atoms with van der Waals surface area (Å²) in [6.07, 6.45) is 0. The Bertz CT molecular complexity index is 1190. The molecule has 0 fully saturated rings. The minimum absolute atomic E-state index is 0.0166. The van der Waals surface area contributed by atoms with Gasteiger partial charge in [-0.3, -0.25) is 14.9 Å². The lowest BCUT2D eigenvalue weighted by Gasteiger charge is -2.07.